The minimum atomic E-state index is -1.93. The van der Waals surface area contributed by atoms with Gasteiger partial charge in [-0.1, -0.05) is 74.3 Å². The van der Waals surface area contributed by atoms with Gasteiger partial charge in [-0.15, -0.1) is 0 Å². The first-order chi connectivity index (χ1) is 20.7. The molecular weight excluding hydrogens is 617 g/mol. The smallest absolute Gasteiger partial charge is 0.192 e. The van der Waals surface area contributed by atoms with E-state index in [1.54, 1.807) is 0 Å². The van der Waals surface area contributed by atoms with Crippen LogP contribution in [0.1, 0.15) is 131 Å². The van der Waals surface area contributed by atoms with Gasteiger partial charge in [0.15, 0.2) is 25.0 Å². The number of furan rings is 1. The standard InChI is InChI=1S/C39H74O4Si3/c1-29(20-18-24-38(8,9)43-44(11,12)13)32-22-23-33-31(21-19-25-39(32,33)10)34-26-30(27-40-45(14,15)36(2,3)4)35(42-34)28-41-46(16,17)37(5,6)7/h21,26,29,32-33H,18-20,22-25,27-28H2,1-17H3/t29-,32-,33+,39-/m1/s1. The summed E-state index contributed by atoms with van der Waals surface area (Å²) in [5, 5.41) is 0.318. The molecule has 0 saturated heterocycles. The first kappa shape index (κ1) is 40.0. The third-order valence-electron chi connectivity index (χ3n) is 12.5. The van der Waals surface area contributed by atoms with Crippen molar-refractivity contribution in [2.75, 3.05) is 0 Å². The number of hydrogen-bond acceptors (Lipinski definition) is 4. The van der Waals surface area contributed by atoms with Gasteiger partial charge < -0.3 is 17.7 Å². The zero-order valence-electron chi connectivity index (χ0n) is 33.4. The molecule has 0 bridgehead atoms. The van der Waals surface area contributed by atoms with Crippen molar-refractivity contribution in [1.82, 2.24) is 0 Å². The average molecular weight is 691 g/mol. The second-order valence-electron chi connectivity index (χ2n) is 19.9. The lowest BCUT2D eigenvalue weighted by atomic mass is 9.61. The molecule has 4 nitrogen and oxygen atoms in total. The summed E-state index contributed by atoms with van der Waals surface area (Å²) >= 11 is 0. The zero-order valence-corrected chi connectivity index (χ0v) is 36.4. The monoisotopic (exact) mass is 690 g/mol. The molecule has 0 aromatic carbocycles. The maximum absolute atomic E-state index is 6.86. The molecule has 0 N–H and O–H groups in total. The predicted octanol–water partition coefficient (Wildman–Crippen LogP) is 13.0. The van der Waals surface area contributed by atoms with Gasteiger partial charge in [0.2, 0.25) is 0 Å². The Labute approximate surface area is 288 Å². The molecule has 0 radical (unpaired) electrons. The van der Waals surface area contributed by atoms with Crippen molar-refractivity contribution in [3.63, 3.8) is 0 Å². The molecule has 2 aliphatic carbocycles. The Hall–Kier alpha value is -0.449. The van der Waals surface area contributed by atoms with E-state index in [4.69, 9.17) is 17.7 Å². The highest BCUT2D eigenvalue weighted by Gasteiger charge is 2.51. The molecule has 4 atom stereocenters. The van der Waals surface area contributed by atoms with E-state index in [9.17, 15) is 0 Å². The maximum Gasteiger partial charge on any atom is 0.192 e. The molecule has 1 fully saturated rings. The fraction of sp³-hybridized carbons (Fsp3) is 0.846. The first-order valence-electron chi connectivity index (χ1n) is 18.5. The van der Waals surface area contributed by atoms with E-state index in [-0.39, 0.29) is 15.7 Å². The highest BCUT2D eigenvalue weighted by atomic mass is 28.4. The molecule has 1 saturated carbocycles. The molecule has 46 heavy (non-hydrogen) atoms. The average Bonchev–Trinajstić information content (AvgIpc) is 3.43. The van der Waals surface area contributed by atoms with Crippen LogP contribution in [0, 0.1) is 23.2 Å². The highest BCUT2D eigenvalue weighted by Crippen LogP contribution is 2.60. The second kappa shape index (κ2) is 14.0. The summed E-state index contributed by atoms with van der Waals surface area (Å²) in [6.07, 6.45) is 11.2. The van der Waals surface area contributed by atoms with Gasteiger partial charge in [-0.25, -0.2) is 0 Å². The van der Waals surface area contributed by atoms with E-state index >= 15 is 0 Å². The molecule has 2 aliphatic rings. The molecule has 0 amide bonds. The van der Waals surface area contributed by atoms with Crippen molar-refractivity contribution in [3.05, 3.63) is 29.2 Å². The number of allylic oxidation sites excluding steroid dienone is 2. The molecule has 7 heteroatoms. The van der Waals surface area contributed by atoms with Gasteiger partial charge in [-0.3, -0.25) is 0 Å². The van der Waals surface area contributed by atoms with Gasteiger partial charge in [0.1, 0.15) is 11.5 Å². The lowest BCUT2D eigenvalue weighted by molar-refractivity contribution is 0.0787. The van der Waals surface area contributed by atoms with E-state index in [0.717, 1.165) is 36.2 Å². The molecule has 0 spiro atoms. The topological polar surface area (TPSA) is 40.8 Å². The minimum absolute atomic E-state index is 0.0235. The van der Waals surface area contributed by atoms with Crippen molar-refractivity contribution >= 4 is 30.5 Å². The van der Waals surface area contributed by atoms with Gasteiger partial charge >= 0.3 is 0 Å². The van der Waals surface area contributed by atoms with E-state index in [1.165, 1.54) is 43.2 Å². The van der Waals surface area contributed by atoms with Crippen LogP contribution in [0.2, 0.25) is 55.9 Å². The van der Waals surface area contributed by atoms with Crippen LogP contribution in [-0.4, -0.2) is 30.6 Å². The van der Waals surface area contributed by atoms with Gasteiger partial charge in [0.25, 0.3) is 0 Å². The molecular formula is C39H74O4Si3. The van der Waals surface area contributed by atoms with Crippen LogP contribution in [0.3, 0.4) is 0 Å². The maximum atomic E-state index is 6.86. The molecule has 266 valence electrons. The second-order valence-corrected chi connectivity index (χ2v) is 34.0. The van der Waals surface area contributed by atoms with Crippen LogP contribution >= 0.6 is 0 Å². The van der Waals surface area contributed by atoms with E-state index in [0.29, 0.717) is 24.5 Å². The Kier molecular flexibility index (Phi) is 12.2. The number of rotatable bonds is 14. The Morgan fingerprint density at radius 2 is 1.43 bits per heavy atom. The Bertz CT molecular complexity index is 1140. The SMILES string of the molecule is C[C@H](CCCC(C)(C)O[Si](C)(C)C)[C@H]1CC[C@H]2C(c3cc(CO[Si](C)(C)C(C)(C)C)c(CO[Si](C)(C)C(C)(C)C)o3)=CCC[C@]12C. The van der Waals surface area contributed by atoms with Crippen LogP contribution in [-0.2, 0) is 26.5 Å². The molecule has 3 rings (SSSR count). The first-order valence-corrected chi connectivity index (χ1v) is 27.7. The van der Waals surface area contributed by atoms with Crippen LogP contribution in [0.5, 0.6) is 0 Å². The summed E-state index contributed by atoms with van der Waals surface area (Å²) in [4.78, 5) is 0. The van der Waals surface area contributed by atoms with Gasteiger partial charge in [0.05, 0.1) is 18.8 Å². The summed E-state index contributed by atoms with van der Waals surface area (Å²) in [6, 6.07) is 2.33. The lowest BCUT2D eigenvalue weighted by Crippen LogP contribution is -2.41. The van der Waals surface area contributed by atoms with Crippen LogP contribution in [0.25, 0.3) is 5.57 Å². The fourth-order valence-corrected chi connectivity index (χ4v) is 11.4. The summed E-state index contributed by atoms with van der Waals surface area (Å²) in [6.45, 7) is 41.0. The van der Waals surface area contributed by atoms with E-state index in [2.05, 4.69) is 127 Å². The van der Waals surface area contributed by atoms with Crippen LogP contribution < -0.4 is 0 Å². The minimum Gasteiger partial charge on any atom is -0.459 e. The molecule has 1 heterocycles. The van der Waals surface area contributed by atoms with Crippen molar-refractivity contribution in [1.29, 1.82) is 0 Å². The van der Waals surface area contributed by atoms with Crippen molar-refractivity contribution in [2.24, 2.45) is 23.2 Å². The zero-order chi connectivity index (χ0) is 35.1. The lowest BCUT2D eigenvalue weighted by Gasteiger charge is -2.43. The van der Waals surface area contributed by atoms with Crippen molar-refractivity contribution < 1.29 is 17.7 Å². The van der Waals surface area contributed by atoms with Gasteiger partial charge in [-0.05, 0) is 137 Å². The van der Waals surface area contributed by atoms with Gasteiger partial charge in [0, 0.05) is 5.56 Å². The summed E-state index contributed by atoms with van der Waals surface area (Å²) in [5.41, 5.74) is 2.92. The fourth-order valence-electron chi connectivity index (χ4n) is 7.74. The molecule has 0 aliphatic heterocycles. The largest absolute Gasteiger partial charge is 0.459 e. The van der Waals surface area contributed by atoms with E-state index in [1.807, 2.05) is 0 Å². The quantitative estimate of drug-likeness (QED) is 0.182. The Morgan fingerprint density at radius 1 is 0.870 bits per heavy atom. The summed E-state index contributed by atoms with van der Waals surface area (Å²) in [5.74, 6) is 4.06. The van der Waals surface area contributed by atoms with Crippen molar-refractivity contribution in [2.45, 2.75) is 189 Å². The Balaban J connectivity index is 1.82. The third kappa shape index (κ3) is 9.62. The number of hydrogen-bond donors (Lipinski definition) is 0. The highest BCUT2D eigenvalue weighted by molar-refractivity contribution is 6.74. The third-order valence-corrected chi connectivity index (χ3v) is 22.6. The van der Waals surface area contributed by atoms with E-state index < -0.39 is 25.0 Å². The summed E-state index contributed by atoms with van der Waals surface area (Å²) in [7, 11) is -5.40. The predicted molar refractivity (Wildman–Crippen MR) is 206 cm³/mol. The van der Waals surface area contributed by atoms with Gasteiger partial charge in [-0.2, -0.15) is 0 Å². The van der Waals surface area contributed by atoms with Crippen molar-refractivity contribution in [3.8, 4) is 0 Å². The molecule has 1 aromatic rings. The normalized spacial score (nSPS) is 24.2. The van der Waals surface area contributed by atoms with Crippen LogP contribution in [0.4, 0.5) is 0 Å². The number of fused-ring (bicyclic) bond motifs is 1. The summed E-state index contributed by atoms with van der Waals surface area (Å²) < 4.78 is 26.9. The van der Waals surface area contributed by atoms with Crippen LogP contribution in [0.15, 0.2) is 16.6 Å². The molecule has 1 aromatic heterocycles. The Morgan fingerprint density at radius 3 is 1.98 bits per heavy atom. The molecule has 0 unspecified atom stereocenters.